The number of halogens is 3. The standard InChI is InChI=1S/C18H20ClN3O.2ClH/c19-12-3-4-16-14(9-12)15(10-17(21-16)11-1-2-11)18(23)22-7-5-13(20)6-8-22;;/h3-4,9-11,13H,1-2,5-8,20H2;2*1H. The Morgan fingerprint density at radius 2 is 1.80 bits per heavy atom. The predicted molar refractivity (Wildman–Crippen MR) is 106 cm³/mol. The van der Waals surface area contributed by atoms with Crippen molar-refractivity contribution >= 4 is 53.2 Å². The second kappa shape index (κ2) is 8.09. The van der Waals surface area contributed by atoms with Crippen LogP contribution in [0.15, 0.2) is 24.3 Å². The number of hydrogen-bond donors (Lipinski definition) is 1. The Morgan fingerprint density at radius 1 is 1.12 bits per heavy atom. The van der Waals surface area contributed by atoms with E-state index in [0.717, 1.165) is 60.9 Å². The zero-order chi connectivity index (χ0) is 16.0. The Labute approximate surface area is 164 Å². The van der Waals surface area contributed by atoms with Crippen molar-refractivity contribution < 1.29 is 4.79 Å². The molecule has 2 heterocycles. The zero-order valence-corrected chi connectivity index (χ0v) is 16.2. The maximum Gasteiger partial charge on any atom is 0.254 e. The highest BCUT2D eigenvalue weighted by molar-refractivity contribution is 6.31. The van der Waals surface area contributed by atoms with Gasteiger partial charge in [-0.1, -0.05) is 11.6 Å². The Hall–Kier alpha value is -1.07. The lowest BCUT2D eigenvalue weighted by Crippen LogP contribution is -2.42. The SMILES string of the molecule is Cl.Cl.NC1CCN(C(=O)c2cc(C3CC3)nc3ccc(Cl)cc23)CC1. The molecule has 1 aromatic heterocycles. The summed E-state index contributed by atoms with van der Waals surface area (Å²) in [5.41, 5.74) is 8.58. The first-order valence-electron chi connectivity index (χ1n) is 8.27. The van der Waals surface area contributed by atoms with Gasteiger partial charge in [0.05, 0.1) is 11.1 Å². The number of pyridine rings is 1. The van der Waals surface area contributed by atoms with E-state index in [4.69, 9.17) is 22.3 Å². The highest BCUT2D eigenvalue weighted by Crippen LogP contribution is 2.40. The third kappa shape index (κ3) is 4.20. The largest absolute Gasteiger partial charge is 0.339 e. The fourth-order valence-corrected chi connectivity index (χ4v) is 3.43. The molecule has 4 rings (SSSR count). The van der Waals surface area contributed by atoms with Crippen LogP contribution < -0.4 is 5.73 Å². The topological polar surface area (TPSA) is 59.2 Å². The smallest absolute Gasteiger partial charge is 0.254 e. The van der Waals surface area contributed by atoms with E-state index in [9.17, 15) is 4.79 Å². The number of nitrogens with two attached hydrogens (primary N) is 1. The van der Waals surface area contributed by atoms with Gasteiger partial charge in [0.15, 0.2) is 0 Å². The summed E-state index contributed by atoms with van der Waals surface area (Å²) in [6, 6.07) is 7.79. The fraction of sp³-hybridized carbons (Fsp3) is 0.444. The van der Waals surface area contributed by atoms with Gasteiger partial charge in [-0.2, -0.15) is 0 Å². The molecule has 0 atom stereocenters. The van der Waals surface area contributed by atoms with Gasteiger partial charge in [-0.3, -0.25) is 9.78 Å². The van der Waals surface area contributed by atoms with Gasteiger partial charge in [0.2, 0.25) is 0 Å². The Bertz CT molecular complexity index is 771. The minimum atomic E-state index is 0. The number of hydrogen-bond acceptors (Lipinski definition) is 3. The van der Waals surface area contributed by atoms with Crippen LogP contribution in [0.4, 0.5) is 0 Å². The normalized spacial score (nSPS) is 17.8. The molecule has 1 aliphatic carbocycles. The summed E-state index contributed by atoms with van der Waals surface area (Å²) < 4.78 is 0. The molecule has 0 spiro atoms. The molecule has 0 radical (unpaired) electrons. The van der Waals surface area contributed by atoms with Gasteiger partial charge in [0.1, 0.15) is 0 Å². The van der Waals surface area contributed by atoms with Crippen molar-refractivity contribution in [2.75, 3.05) is 13.1 Å². The lowest BCUT2D eigenvalue weighted by Gasteiger charge is -2.30. The van der Waals surface area contributed by atoms with Crippen LogP contribution >= 0.6 is 36.4 Å². The fourth-order valence-electron chi connectivity index (χ4n) is 3.26. The number of aromatic nitrogens is 1. The maximum atomic E-state index is 13.0. The number of fused-ring (bicyclic) bond motifs is 1. The summed E-state index contributed by atoms with van der Waals surface area (Å²) in [5, 5.41) is 1.48. The van der Waals surface area contributed by atoms with E-state index < -0.39 is 0 Å². The van der Waals surface area contributed by atoms with Crippen molar-refractivity contribution in [1.82, 2.24) is 9.88 Å². The van der Waals surface area contributed by atoms with Crippen LogP contribution in [-0.2, 0) is 0 Å². The molecule has 2 fully saturated rings. The van der Waals surface area contributed by atoms with Gasteiger partial charge in [-0.25, -0.2) is 0 Å². The molecule has 1 saturated heterocycles. The second-order valence-electron chi connectivity index (χ2n) is 6.66. The average molecular weight is 403 g/mol. The number of carbonyl (C=O) groups is 1. The summed E-state index contributed by atoms with van der Waals surface area (Å²) in [6.45, 7) is 1.45. The summed E-state index contributed by atoms with van der Waals surface area (Å²) in [5.74, 6) is 0.588. The van der Waals surface area contributed by atoms with Gasteiger partial charge >= 0.3 is 0 Å². The van der Waals surface area contributed by atoms with Crippen molar-refractivity contribution in [2.45, 2.75) is 37.6 Å². The van der Waals surface area contributed by atoms with Crippen LogP contribution in [0.3, 0.4) is 0 Å². The Kier molecular flexibility index (Phi) is 6.55. The minimum Gasteiger partial charge on any atom is -0.339 e. The Balaban J connectivity index is 0.00000113. The predicted octanol–water partition coefficient (Wildman–Crippen LogP) is 4.17. The molecule has 1 aromatic carbocycles. The van der Waals surface area contributed by atoms with Crippen LogP contribution in [0.1, 0.15) is 47.7 Å². The molecule has 1 aliphatic heterocycles. The molecule has 2 N–H and O–H groups in total. The molecule has 4 nitrogen and oxygen atoms in total. The van der Waals surface area contributed by atoms with Crippen LogP contribution in [0.2, 0.25) is 5.02 Å². The van der Waals surface area contributed by atoms with Crippen molar-refractivity contribution in [3.8, 4) is 0 Å². The monoisotopic (exact) mass is 401 g/mol. The molecule has 2 aliphatic rings. The first-order valence-corrected chi connectivity index (χ1v) is 8.64. The van der Waals surface area contributed by atoms with E-state index in [1.54, 1.807) is 0 Å². The molecule has 25 heavy (non-hydrogen) atoms. The molecule has 136 valence electrons. The van der Waals surface area contributed by atoms with Crippen molar-refractivity contribution in [2.24, 2.45) is 5.73 Å². The van der Waals surface area contributed by atoms with Crippen molar-refractivity contribution in [3.05, 3.63) is 40.5 Å². The number of amides is 1. The second-order valence-corrected chi connectivity index (χ2v) is 7.10. The number of carbonyl (C=O) groups excluding carboxylic acids is 1. The molecule has 0 unspecified atom stereocenters. The van der Waals surface area contributed by atoms with E-state index in [0.29, 0.717) is 10.9 Å². The van der Waals surface area contributed by atoms with E-state index in [2.05, 4.69) is 0 Å². The highest BCUT2D eigenvalue weighted by Gasteiger charge is 2.29. The van der Waals surface area contributed by atoms with E-state index in [1.165, 1.54) is 0 Å². The highest BCUT2D eigenvalue weighted by atomic mass is 35.5. The van der Waals surface area contributed by atoms with Gasteiger partial charge in [0, 0.05) is 41.2 Å². The molecule has 2 aromatic rings. The summed E-state index contributed by atoms with van der Waals surface area (Å²) in [7, 11) is 0. The quantitative estimate of drug-likeness (QED) is 0.820. The number of piperidine rings is 1. The molecule has 7 heteroatoms. The summed E-state index contributed by atoms with van der Waals surface area (Å²) in [4.78, 5) is 19.7. The first-order chi connectivity index (χ1) is 11.1. The number of benzene rings is 1. The molecule has 1 amide bonds. The maximum absolute atomic E-state index is 13.0. The van der Waals surface area contributed by atoms with E-state index in [-0.39, 0.29) is 36.8 Å². The molecule has 0 bridgehead atoms. The minimum absolute atomic E-state index is 0. The van der Waals surface area contributed by atoms with Crippen molar-refractivity contribution in [3.63, 3.8) is 0 Å². The zero-order valence-electron chi connectivity index (χ0n) is 13.8. The van der Waals surface area contributed by atoms with Crippen LogP contribution in [0.25, 0.3) is 10.9 Å². The van der Waals surface area contributed by atoms with Gasteiger partial charge in [-0.05, 0) is 49.9 Å². The third-order valence-electron chi connectivity index (χ3n) is 4.84. The van der Waals surface area contributed by atoms with Gasteiger partial charge in [-0.15, -0.1) is 24.8 Å². The summed E-state index contributed by atoms with van der Waals surface area (Å²) >= 11 is 6.15. The van der Waals surface area contributed by atoms with Gasteiger partial charge in [0.25, 0.3) is 5.91 Å². The van der Waals surface area contributed by atoms with Crippen LogP contribution in [0, 0.1) is 0 Å². The van der Waals surface area contributed by atoms with Crippen LogP contribution in [-0.4, -0.2) is 34.9 Å². The van der Waals surface area contributed by atoms with E-state index in [1.807, 2.05) is 29.2 Å². The lowest BCUT2D eigenvalue weighted by molar-refractivity contribution is 0.0716. The number of nitrogens with zero attached hydrogens (tertiary/aromatic N) is 2. The Morgan fingerprint density at radius 3 is 2.44 bits per heavy atom. The third-order valence-corrected chi connectivity index (χ3v) is 5.08. The average Bonchev–Trinajstić information content (AvgIpc) is 3.39. The number of likely N-dealkylation sites (tertiary alicyclic amines) is 1. The first kappa shape index (κ1) is 20.2. The summed E-state index contributed by atoms with van der Waals surface area (Å²) in [6.07, 6.45) is 4.06. The van der Waals surface area contributed by atoms with Crippen LogP contribution in [0.5, 0.6) is 0 Å². The molecular formula is C18H22Cl3N3O. The lowest BCUT2D eigenvalue weighted by atomic mass is 10.0. The van der Waals surface area contributed by atoms with Gasteiger partial charge < -0.3 is 10.6 Å². The van der Waals surface area contributed by atoms with E-state index >= 15 is 0 Å². The molecule has 1 saturated carbocycles. The molecular weight excluding hydrogens is 381 g/mol. The number of rotatable bonds is 2. The van der Waals surface area contributed by atoms with Crippen molar-refractivity contribution in [1.29, 1.82) is 0 Å².